The Labute approximate surface area is 209 Å². The lowest BCUT2D eigenvalue weighted by Crippen LogP contribution is -2.42. The van der Waals surface area contributed by atoms with Gasteiger partial charge in [-0.25, -0.2) is 0 Å². The largest absolute Gasteiger partial charge is 0.486 e. The van der Waals surface area contributed by atoms with E-state index in [4.69, 9.17) is 14.2 Å². The van der Waals surface area contributed by atoms with Gasteiger partial charge in [0.1, 0.15) is 6.61 Å². The van der Waals surface area contributed by atoms with Gasteiger partial charge in [-0.05, 0) is 36.8 Å². The Bertz CT molecular complexity index is 1180. The van der Waals surface area contributed by atoms with Crippen LogP contribution in [0.1, 0.15) is 5.56 Å². The summed E-state index contributed by atoms with van der Waals surface area (Å²) in [6, 6.07) is 15.8. The second kappa shape index (κ2) is 10.6. The normalized spacial score (nSPS) is 17.3. The van der Waals surface area contributed by atoms with Gasteiger partial charge in [-0.15, -0.1) is 10.2 Å². The molecular formula is C25H29N5O4S. The van der Waals surface area contributed by atoms with Crippen molar-refractivity contribution in [3.8, 4) is 17.2 Å². The molecule has 0 aliphatic carbocycles. The fourth-order valence-electron chi connectivity index (χ4n) is 4.11. The number of ether oxygens (including phenoxy) is 3. The number of likely N-dealkylation sites (N-methyl/N-ethyl adjacent to an activating group) is 1. The highest BCUT2D eigenvalue weighted by molar-refractivity contribution is 7.99. The van der Waals surface area contributed by atoms with Crippen LogP contribution in [0.4, 0.5) is 5.95 Å². The van der Waals surface area contributed by atoms with Crippen LogP contribution in [0.2, 0.25) is 0 Å². The molecule has 1 amide bonds. The monoisotopic (exact) mass is 495 g/mol. The number of benzene rings is 2. The highest BCUT2D eigenvalue weighted by Crippen LogP contribution is 2.31. The predicted molar refractivity (Wildman–Crippen MR) is 134 cm³/mol. The quantitative estimate of drug-likeness (QED) is 0.463. The van der Waals surface area contributed by atoms with Crippen LogP contribution in [0.25, 0.3) is 5.69 Å². The third-order valence-electron chi connectivity index (χ3n) is 5.97. The van der Waals surface area contributed by atoms with Crippen molar-refractivity contribution in [2.45, 2.75) is 18.2 Å². The summed E-state index contributed by atoms with van der Waals surface area (Å²) in [7, 11) is 1.79. The average Bonchev–Trinajstić information content (AvgIpc) is 3.31. The van der Waals surface area contributed by atoms with Crippen molar-refractivity contribution in [1.82, 2.24) is 19.7 Å². The summed E-state index contributed by atoms with van der Waals surface area (Å²) >= 11 is 1.39. The molecule has 2 aliphatic heterocycles. The van der Waals surface area contributed by atoms with Gasteiger partial charge >= 0.3 is 0 Å². The number of hydrogen-bond acceptors (Lipinski definition) is 8. The van der Waals surface area contributed by atoms with E-state index in [0.717, 1.165) is 36.0 Å². The number of aromatic nitrogens is 3. The molecule has 0 N–H and O–H groups in total. The summed E-state index contributed by atoms with van der Waals surface area (Å²) in [6.07, 6.45) is -0.215. The molecule has 1 atom stereocenters. The molecule has 35 heavy (non-hydrogen) atoms. The van der Waals surface area contributed by atoms with E-state index in [9.17, 15) is 4.79 Å². The van der Waals surface area contributed by atoms with E-state index in [-0.39, 0.29) is 17.8 Å². The maximum atomic E-state index is 13.0. The standard InChI is InChI=1S/C25H29N5O4S/c1-18-6-5-7-19(14-18)30-24(29-10-12-32-13-11-29)26-27-25(30)35-17-23(31)28(2)15-20-16-33-21-8-3-4-9-22(21)34-20/h3-9,14,20H,10-13,15-17H2,1-2H3/t20-/m1/s1. The van der Waals surface area contributed by atoms with Crippen LogP contribution in [0.5, 0.6) is 11.5 Å². The van der Waals surface area contributed by atoms with E-state index in [1.54, 1.807) is 11.9 Å². The molecule has 0 bridgehead atoms. The molecule has 0 spiro atoms. The van der Waals surface area contributed by atoms with E-state index in [0.29, 0.717) is 37.3 Å². The molecule has 3 aromatic rings. The third kappa shape index (κ3) is 5.38. The zero-order valence-corrected chi connectivity index (χ0v) is 20.7. The molecule has 0 unspecified atom stereocenters. The first kappa shape index (κ1) is 23.5. The minimum atomic E-state index is -0.215. The van der Waals surface area contributed by atoms with Gasteiger partial charge < -0.3 is 24.0 Å². The lowest BCUT2D eigenvalue weighted by atomic mass is 10.2. The van der Waals surface area contributed by atoms with Gasteiger partial charge in [0.15, 0.2) is 22.8 Å². The second-order valence-electron chi connectivity index (χ2n) is 8.62. The fraction of sp³-hybridized carbons (Fsp3) is 0.400. The molecule has 3 heterocycles. The van der Waals surface area contributed by atoms with Crippen molar-refractivity contribution in [3.05, 3.63) is 54.1 Å². The van der Waals surface area contributed by atoms with Crippen molar-refractivity contribution < 1.29 is 19.0 Å². The number of para-hydroxylation sites is 2. The summed E-state index contributed by atoms with van der Waals surface area (Å²) < 4.78 is 19.3. The second-order valence-corrected chi connectivity index (χ2v) is 9.56. The van der Waals surface area contributed by atoms with Gasteiger partial charge in [-0.2, -0.15) is 0 Å². The number of carbonyl (C=O) groups is 1. The van der Waals surface area contributed by atoms with Crippen LogP contribution < -0.4 is 14.4 Å². The van der Waals surface area contributed by atoms with Crippen molar-refractivity contribution in [1.29, 1.82) is 0 Å². The third-order valence-corrected chi connectivity index (χ3v) is 6.88. The van der Waals surface area contributed by atoms with Gasteiger partial charge in [-0.1, -0.05) is 36.0 Å². The molecule has 10 heteroatoms. The van der Waals surface area contributed by atoms with E-state index in [2.05, 4.69) is 34.2 Å². The van der Waals surface area contributed by atoms with Crippen molar-refractivity contribution >= 4 is 23.6 Å². The van der Waals surface area contributed by atoms with Crippen LogP contribution in [0, 0.1) is 6.92 Å². The Hall–Kier alpha value is -3.24. The summed E-state index contributed by atoms with van der Waals surface area (Å²) in [6.45, 7) is 5.73. The fourth-order valence-corrected chi connectivity index (χ4v) is 5.00. The topological polar surface area (TPSA) is 82.0 Å². The minimum absolute atomic E-state index is 0.0100. The Morgan fingerprint density at radius 2 is 1.91 bits per heavy atom. The number of thioether (sulfide) groups is 1. The van der Waals surface area contributed by atoms with E-state index in [1.165, 1.54) is 11.8 Å². The lowest BCUT2D eigenvalue weighted by molar-refractivity contribution is -0.128. The Balaban J connectivity index is 1.26. The number of carbonyl (C=O) groups excluding carboxylic acids is 1. The van der Waals surface area contributed by atoms with Crippen LogP contribution >= 0.6 is 11.8 Å². The first-order valence-electron chi connectivity index (χ1n) is 11.7. The molecule has 2 aliphatic rings. The summed E-state index contributed by atoms with van der Waals surface area (Å²) in [4.78, 5) is 16.8. The maximum Gasteiger partial charge on any atom is 0.232 e. The lowest BCUT2D eigenvalue weighted by Gasteiger charge is -2.29. The van der Waals surface area contributed by atoms with E-state index in [1.807, 2.05) is 41.0 Å². The summed E-state index contributed by atoms with van der Waals surface area (Å²) in [5, 5.41) is 9.62. The number of amides is 1. The zero-order valence-electron chi connectivity index (χ0n) is 19.9. The summed E-state index contributed by atoms with van der Waals surface area (Å²) in [5.74, 6) is 2.45. The van der Waals surface area contributed by atoms with Crippen LogP contribution in [-0.2, 0) is 9.53 Å². The molecule has 5 rings (SSSR count). The Kier molecular flexibility index (Phi) is 7.10. The molecule has 9 nitrogen and oxygen atoms in total. The number of aryl methyl sites for hydroxylation is 1. The molecule has 184 valence electrons. The molecule has 1 aromatic heterocycles. The SMILES string of the molecule is Cc1cccc(-n2c(SCC(=O)N(C)C[C@@H]3COc4ccccc4O3)nnc2N2CCOCC2)c1. The van der Waals surface area contributed by atoms with Gasteiger partial charge in [-0.3, -0.25) is 9.36 Å². The van der Waals surface area contributed by atoms with Crippen LogP contribution in [0.3, 0.4) is 0 Å². The first-order chi connectivity index (χ1) is 17.1. The molecule has 2 aromatic carbocycles. The van der Waals surface area contributed by atoms with Gasteiger partial charge in [0.25, 0.3) is 0 Å². The predicted octanol–water partition coefficient (Wildman–Crippen LogP) is 2.80. The van der Waals surface area contributed by atoms with Crippen molar-refractivity contribution in [2.75, 3.05) is 57.2 Å². The van der Waals surface area contributed by atoms with Crippen LogP contribution in [-0.4, -0.2) is 83.9 Å². The zero-order chi connectivity index (χ0) is 24.2. The number of hydrogen-bond donors (Lipinski definition) is 0. The van der Waals surface area contributed by atoms with Gasteiger partial charge in [0.05, 0.1) is 31.2 Å². The van der Waals surface area contributed by atoms with Crippen molar-refractivity contribution in [3.63, 3.8) is 0 Å². The molecule has 0 radical (unpaired) electrons. The van der Waals surface area contributed by atoms with Gasteiger partial charge in [0.2, 0.25) is 11.9 Å². The smallest absolute Gasteiger partial charge is 0.232 e. The Morgan fingerprint density at radius 1 is 1.11 bits per heavy atom. The number of nitrogens with zero attached hydrogens (tertiary/aromatic N) is 5. The highest BCUT2D eigenvalue weighted by atomic mass is 32.2. The summed E-state index contributed by atoms with van der Waals surface area (Å²) in [5.41, 5.74) is 2.12. The number of anilines is 1. The number of rotatable bonds is 7. The van der Waals surface area contributed by atoms with Gasteiger partial charge in [0, 0.05) is 20.1 Å². The molecule has 1 fully saturated rings. The highest BCUT2D eigenvalue weighted by Gasteiger charge is 2.25. The minimum Gasteiger partial charge on any atom is -0.486 e. The Morgan fingerprint density at radius 3 is 2.71 bits per heavy atom. The van der Waals surface area contributed by atoms with Crippen LogP contribution in [0.15, 0.2) is 53.7 Å². The molecular weight excluding hydrogens is 466 g/mol. The van der Waals surface area contributed by atoms with E-state index < -0.39 is 0 Å². The average molecular weight is 496 g/mol. The molecule has 1 saturated heterocycles. The van der Waals surface area contributed by atoms with E-state index >= 15 is 0 Å². The first-order valence-corrected chi connectivity index (χ1v) is 12.7. The van der Waals surface area contributed by atoms with Crippen molar-refractivity contribution in [2.24, 2.45) is 0 Å². The maximum absolute atomic E-state index is 13.0. The molecule has 0 saturated carbocycles. The number of morpholine rings is 1. The number of fused-ring (bicyclic) bond motifs is 1.